The number of allylic oxidation sites excluding steroid dienone is 1. The molecule has 2 aromatic rings. The van der Waals surface area contributed by atoms with Crippen molar-refractivity contribution in [2.45, 2.75) is 0 Å². The van der Waals surface area contributed by atoms with Gasteiger partial charge in [0.2, 0.25) is 5.78 Å². The fourth-order valence-corrected chi connectivity index (χ4v) is 2.09. The minimum Gasteiger partial charge on any atom is -0.508 e. The van der Waals surface area contributed by atoms with Gasteiger partial charge >= 0.3 is 0 Å². The fourth-order valence-electron chi connectivity index (χ4n) is 2.09. The van der Waals surface area contributed by atoms with Crippen molar-refractivity contribution in [2.75, 3.05) is 0 Å². The molecule has 1 heterocycles. The van der Waals surface area contributed by atoms with Crippen LogP contribution in [0.5, 0.6) is 11.5 Å². The van der Waals surface area contributed by atoms with Crippen molar-refractivity contribution in [1.82, 2.24) is 0 Å². The highest BCUT2D eigenvalue weighted by Crippen LogP contribution is 2.35. The second-order valence-electron chi connectivity index (χ2n) is 4.44. The number of hydrogen-bond acceptors (Lipinski definition) is 5. The number of para-hydroxylation sites is 1. The first-order valence-corrected chi connectivity index (χ1v) is 6.07. The van der Waals surface area contributed by atoms with Crippen LogP contribution in [0.15, 0.2) is 48.2 Å². The van der Waals surface area contributed by atoms with Crippen molar-refractivity contribution in [3.05, 3.63) is 69.5 Å². The number of nitro benzene ring substituents is 1. The molecule has 1 N–H and O–H groups in total. The number of benzene rings is 2. The van der Waals surface area contributed by atoms with Gasteiger partial charge in [0.05, 0.1) is 16.1 Å². The molecule has 1 aliphatic heterocycles. The van der Waals surface area contributed by atoms with E-state index in [2.05, 4.69) is 0 Å². The lowest BCUT2D eigenvalue weighted by atomic mass is 10.1. The van der Waals surface area contributed by atoms with Gasteiger partial charge in [-0.25, -0.2) is 0 Å². The van der Waals surface area contributed by atoms with Crippen molar-refractivity contribution >= 4 is 17.5 Å². The molecular formula is C15H9NO5. The highest BCUT2D eigenvalue weighted by atomic mass is 16.6. The first-order valence-electron chi connectivity index (χ1n) is 6.07. The van der Waals surface area contributed by atoms with Gasteiger partial charge in [-0.2, -0.15) is 0 Å². The van der Waals surface area contributed by atoms with Crippen molar-refractivity contribution < 1.29 is 19.6 Å². The molecule has 0 radical (unpaired) electrons. The lowest BCUT2D eigenvalue weighted by molar-refractivity contribution is -0.385. The van der Waals surface area contributed by atoms with Crippen LogP contribution in [-0.2, 0) is 0 Å². The number of aromatic hydroxyl groups is 1. The Morgan fingerprint density at radius 1 is 1.19 bits per heavy atom. The van der Waals surface area contributed by atoms with E-state index in [0.29, 0.717) is 5.56 Å². The number of ether oxygens (including phenoxy) is 1. The first kappa shape index (κ1) is 12.9. The van der Waals surface area contributed by atoms with E-state index in [1.807, 2.05) is 0 Å². The zero-order valence-electron chi connectivity index (χ0n) is 10.6. The van der Waals surface area contributed by atoms with Crippen LogP contribution >= 0.6 is 0 Å². The monoisotopic (exact) mass is 283 g/mol. The standard InChI is InChI=1S/C15H9NO5/c17-10-5-6-11-13(8-10)21-14(15(11)18)7-9-3-1-2-4-12(9)16(19)20/h1-8,17H. The minimum atomic E-state index is -0.523. The summed E-state index contributed by atoms with van der Waals surface area (Å²) in [5.41, 5.74) is 0.487. The molecule has 0 aromatic heterocycles. The molecule has 0 bridgehead atoms. The van der Waals surface area contributed by atoms with Crippen LogP contribution in [0.3, 0.4) is 0 Å². The van der Waals surface area contributed by atoms with Gasteiger partial charge in [-0.15, -0.1) is 0 Å². The summed E-state index contributed by atoms with van der Waals surface area (Å²) in [7, 11) is 0. The number of nitro groups is 1. The maximum Gasteiger partial charge on any atom is 0.276 e. The molecule has 0 aliphatic carbocycles. The van der Waals surface area contributed by atoms with Crippen LogP contribution in [-0.4, -0.2) is 15.8 Å². The second kappa shape index (κ2) is 4.75. The topological polar surface area (TPSA) is 89.7 Å². The molecule has 6 nitrogen and oxygen atoms in total. The third-order valence-corrected chi connectivity index (χ3v) is 3.07. The molecule has 0 spiro atoms. The number of fused-ring (bicyclic) bond motifs is 1. The smallest absolute Gasteiger partial charge is 0.276 e. The number of Topliss-reactive ketones (excluding diaryl/α,β-unsaturated/α-hetero) is 1. The van der Waals surface area contributed by atoms with Crippen LogP contribution in [0.25, 0.3) is 6.08 Å². The summed E-state index contributed by atoms with van der Waals surface area (Å²) in [6.07, 6.45) is 1.33. The molecule has 0 fully saturated rings. The van der Waals surface area contributed by atoms with E-state index in [-0.39, 0.29) is 34.3 Å². The lowest BCUT2D eigenvalue weighted by Gasteiger charge is -2.00. The van der Waals surface area contributed by atoms with Crippen molar-refractivity contribution in [3.8, 4) is 11.5 Å². The Morgan fingerprint density at radius 2 is 1.95 bits per heavy atom. The molecule has 0 atom stereocenters. The van der Waals surface area contributed by atoms with E-state index in [4.69, 9.17) is 4.74 Å². The summed E-state index contributed by atoms with van der Waals surface area (Å²) in [5.74, 6) is -0.161. The summed E-state index contributed by atoms with van der Waals surface area (Å²) in [4.78, 5) is 22.6. The normalized spacial score (nSPS) is 14.9. The Kier molecular flexibility index (Phi) is 2.91. The number of carbonyl (C=O) groups is 1. The summed E-state index contributed by atoms with van der Waals surface area (Å²) < 4.78 is 5.37. The molecule has 0 saturated heterocycles. The van der Waals surface area contributed by atoms with Crippen LogP contribution in [0.1, 0.15) is 15.9 Å². The fraction of sp³-hybridized carbons (Fsp3) is 0. The Morgan fingerprint density at radius 3 is 2.71 bits per heavy atom. The summed E-state index contributed by atoms with van der Waals surface area (Å²) in [6, 6.07) is 10.2. The number of phenols is 1. The Bertz CT molecular complexity index is 794. The molecule has 3 rings (SSSR count). The van der Waals surface area contributed by atoms with Gasteiger partial charge < -0.3 is 9.84 Å². The largest absolute Gasteiger partial charge is 0.508 e. The van der Waals surface area contributed by atoms with Crippen LogP contribution < -0.4 is 4.74 Å². The van der Waals surface area contributed by atoms with E-state index < -0.39 is 4.92 Å². The number of carbonyl (C=O) groups excluding carboxylic acids is 1. The quantitative estimate of drug-likeness (QED) is 0.520. The summed E-state index contributed by atoms with van der Waals surface area (Å²) in [6.45, 7) is 0. The lowest BCUT2D eigenvalue weighted by Crippen LogP contribution is -1.99. The van der Waals surface area contributed by atoms with E-state index >= 15 is 0 Å². The van der Waals surface area contributed by atoms with Crippen molar-refractivity contribution in [2.24, 2.45) is 0 Å². The molecule has 2 aromatic carbocycles. The Hall–Kier alpha value is -3.15. The summed E-state index contributed by atoms with van der Waals surface area (Å²) in [5, 5.41) is 20.3. The Balaban J connectivity index is 2.04. The van der Waals surface area contributed by atoms with E-state index in [0.717, 1.165) is 0 Å². The van der Waals surface area contributed by atoms with Crippen LogP contribution in [0.2, 0.25) is 0 Å². The molecule has 0 unspecified atom stereocenters. The van der Waals surface area contributed by atoms with Gasteiger partial charge in [-0.05, 0) is 24.3 Å². The molecule has 104 valence electrons. The Labute approximate surface area is 119 Å². The van der Waals surface area contributed by atoms with E-state index in [1.54, 1.807) is 12.1 Å². The number of phenolic OH excluding ortho intramolecular Hbond substituents is 1. The second-order valence-corrected chi connectivity index (χ2v) is 4.44. The average molecular weight is 283 g/mol. The maximum atomic E-state index is 12.1. The predicted octanol–water partition coefficient (Wildman–Crippen LogP) is 2.92. The first-order chi connectivity index (χ1) is 10.1. The number of ketones is 1. The van der Waals surface area contributed by atoms with E-state index in [9.17, 15) is 20.0 Å². The number of nitrogens with zero attached hydrogens (tertiary/aromatic N) is 1. The summed E-state index contributed by atoms with van der Waals surface area (Å²) >= 11 is 0. The molecule has 6 heteroatoms. The highest BCUT2D eigenvalue weighted by molar-refractivity contribution is 6.14. The van der Waals surface area contributed by atoms with E-state index in [1.165, 1.54) is 36.4 Å². The SMILES string of the molecule is O=C1C(=Cc2ccccc2[N+](=O)[O-])Oc2cc(O)ccc21. The van der Waals surface area contributed by atoms with Gasteiger partial charge in [-0.3, -0.25) is 14.9 Å². The third kappa shape index (κ3) is 2.23. The third-order valence-electron chi connectivity index (χ3n) is 3.07. The van der Waals surface area contributed by atoms with Gasteiger partial charge in [0.1, 0.15) is 11.5 Å². The van der Waals surface area contributed by atoms with Gasteiger partial charge in [0.15, 0.2) is 5.76 Å². The molecule has 21 heavy (non-hydrogen) atoms. The molecule has 1 aliphatic rings. The zero-order chi connectivity index (χ0) is 15.0. The van der Waals surface area contributed by atoms with Gasteiger partial charge in [-0.1, -0.05) is 12.1 Å². The average Bonchev–Trinajstić information content (AvgIpc) is 2.75. The van der Waals surface area contributed by atoms with Crippen LogP contribution in [0, 0.1) is 10.1 Å². The van der Waals surface area contributed by atoms with Gasteiger partial charge in [0.25, 0.3) is 5.69 Å². The zero-order valence-corrected chi connectivity index (χ0v) is 10.6. The predicted molar refractivity (Wildman–Crippen MR) is 74.1 cm³/mol. The van der Waals surface area contributed by atoms with Crippen molar-refractivity contribution in [1.29, 1.82) is 0 Å². The number of rotatable bonds is 2. The highest BCUT2D eigenvalue weighted by Gasteiger charge is 2.28. The molecular weight excluding hydrogens is 274 g/mol. The van der Waals surface area contributed by atoms with Crippen molar-refractivity contribution in [3.63, 3.8) is 0 Å². The molecule has 0 saturated carbocycles. The number of hydrogen-bond donors (Lipinski definition) is 1. The maximum absolute atomic E-state index is 12.1. The molecule has 0 amide bonds. The van der Waals surface area contributed by atoms with Crippen LogP contribution in [0.4, 0.5) is 5.69 Å². The van der Waals surface area contributed by atoms with Gasteiger partial charge in [0, 0.05) is 12.1 Å². The minimum absolute atomic E-state index is 0.00935.